The largest absolute Gasteiger partial charge is 0.379 e. The third-order valence-electron chi connectivity index (χ3n) is 5.48. The van der Waals surface area contributed by atoms with E-state index in [1.807, 2.05) is 18.2 Å². The number of nitrogens with one attached hydrogen (secondary N) is 2. The summed E-state index contributed by atoms with van der Waals surface area (Å²) in [5.41, 5.74) is 1.98. The van der Waals surface area contributed by atoms with Crippen molar-refractivity contribution >= 4 is 11.8 Å². The number of aromatic nitrogens is 3. The molecule has 0 amide bonds. The second-order valence-corrected chi connectivity index (χ2v) is 7.56. The van der Waals surface area contributed by atoms with Crippen molar-refractivity contribution in [2.24, 2.45) is 0 Å². The van der Waals surface area contributed by atoms with Gasteiger partial charge in [0.2, 0.25) is 5.95 Å². The second-order valence-electron chi connectivity index (χ2n) is 7.56. The van der Waals surface area contributed by atoms with Crippen LogP contribution in [0.2, 0.25) is 0 Å². The molecular formula is C21H30N6O. The zero-order valence-corrected chi connectivity index (χ0v) is 16.4. The maximum Gasteiger partial charge on any atom is 0.225 e. The molecule has 1 aliphatic carbocycles. The fourth-order valence-corrected chi connectivity index (χ4v) is 3.87. The zero-order chi connectivity index (χ0) is 19.0. The van der Waals surface area contributed by atoms with Gasteiger partial charge in [-0.15, -0.1) is 0 Å². The van der Waals surface area contributed by atoms with Crippen molar-refractivity contribution in [3.8, 4) is 11.3 Å². The van der Waals surface area contributed by atoms with E-state index < -0.39 is 0 Å². The highest BCUT2D eigenvalue weighted by atomic mass is 16.5. The molecule has 2 aromatic heterocycles. The lowest BCUT2D eigenvalue weighted by Crippen LogP contribution is -2.39. The van der Waals surface area contributed by atoms with Crippen LogP contribution in [0.3, 0.4) is 0 Å². The number of anilines is 2. The molecule has 2 N–H and O–H groups in total. The van der Waals surface area contributed by atoms with Crippen LogP contribution in [0.1, 0.15) is 32.1 Å². The van der Waals surface area contributed by atoms with E-state index in [9.17, 15) is 0 Å². The average Bonchev–Trinajstić information content (AvgIpc) is 2.76. The van der Waals surface area contributed by atoms with Gasteiger partial charge in [0.05, 0.1) is 18.9 Å². The summed E-state index contributed by atoms with van der Waals surface area (Å²) in [6.07, 6.45) is 9.91. The lowest BCUT2D eigenvalue weighted by atomic mass is 9.96. The van der Waals surface area contributed by atoms with Gasteiger partial charge in [0, 0.05) is 56.2 Å². The maximum absolute atomic E-state index is 5.42. The van der Waals surface area contributed by atoms with Crippen LogP contribution >= 0.6 is 0 Å². The molecule has 2 aromatic rings. The van der Waals surface area contributed by atoms with Crippen molar-refractivity contribution in [3.63, 3.8) is 0 Å². The summed E-state index contributed by atoms with van der Waals surface area (Å²) in [6, 6.07) is 6.48. The number of ether oxygens (including phenoxy) is 1. The molecule has 0 bridgehead atoms. The number of pyridine rings is 1. The SMILES string of the molecule is c1cc(-c2cc(NCCN3CCOCC3)nc(NC3CCCCC3)n2)ccn1. The summed E-state index contributed by atoms with van der Waals surface area (Å²) >= 11 is 0. The molecule has 3 heterocycles. The van der Waals surface area contributed by atoms with Crippen LogP contribution in [0.25, 0.3) is 11.3 Å². The Labute approximate surface area is 166 Å². The van der Waals surface area contributed by atoms with Gasteiger partial charge in [0.15, 0.2) is 0 Å². The van der Waals surface area contributed by atoms with Crippen molar-refractivity contribution in [2.75, 3.05) is 50.0 Å². The van der Waals surface area contributed by atoms with Gasteiger partial charge in [-0.1, -0.05) is 19.3 Å². The Kier molecular flexibility index (Phi) is 6.68. The Hall–Kier alpha value is -2.25. The van der Waals surface area contributed by atoms with Crippen LogP contribution in [0.15, 0.2) is 30.6 Å². The van der Waals surface area contributed by atoms with Crippen LogP contribution in [-0.2, 0) is 4.74 Å². The highest BCUT2D eigenvalue weighted by molar-refractivity contribution is 5.63. The van der Waals surface area contributed by atoms with E-state index in [4.69, 9.17) is 14.7 Å². The Bertz CT molecular complexity index is 729. The summed E-state index contributed by atoms with van der Waals surface area (Å²) in [6.45, 7) is 5.51. The minimum Gasteiger partial charge on any atom is -0.379 e. The first kappa shape index (κ1) is 19.1. The van der Waals surface area contributed by atoms with Gasteiger partial charge in [0.1, 0.15) is 5.82 Å². The summed E-state index contributed by atoms with van der Waals surface area (Å²) in [7, 11) is 0. The van der Waals surface area contributed by atoms with Crippen molar-refractivity contribution < 1.29 is 4.74 Å². The number of hydrogen-bond acceptors (Lipinski definition) is 7. The van der Waals surface area contributed by atoms with Gasteiger partial charge in [-0.05, 0) is 25.0 Å². The normalized spacial score (nSPS) is 18.7. The minimum atomic E-state index is 0.475. The second kappa shape index (κ2) is 9.80. The number of nitrogens with zero attached hydrogens (tertiary/aromatic N) is 4. The number of morpholine rings is 1. The third-order valence-corrected chi connectivity index (χ3v) is 5.48. The Morgan fingerprint density at radius 2 is 1.82 bits per heavy atom. The topological polar surface area (TPSA) is 75.2 Å². The average molecular weight is 383 g/mol. The highest BCUT2D eigenvalue weighted by Crippen LogP contribution is 2.24. The Morgan fingerprint density at radius 3 is 2.61 bits per heavy atom. The van der Waals surface area contributed by atoms with Gasteiger partial charge >= 0.3 is 0 Å². The first-order valence-electron chi connectivity index (χ1n) is 10.5. The molecule has 1 saturated carbocycles. The van der Waals surface area contributed by atoms with Crippen LogP contribution in [0.5, 0.6) is 0 Å². The first-order valence-corrected chi connectivity index (χ1v) is 10.5. The summed E-state index contributed by atoms with van der Waals surface area (Å²) in [5.74, 6) is 1.59. The molecule has 150 valence electrons. The molecule has 28 heavy (non-hydrogen) atoms. The highest BCUT2D eigenvalue weighted by Gasteiger charge is 2.16. The van der Waals surface area contributed by atoms with Crippen LogP contribution in [0.4, 0.5) is 11.8 Å². The van der Waals surface area contributed by atoms with Crippen LogP contribution < -0.4 is 10.6 Å². The molecule has 2 aliphatic rings. The third kappa shape index (κ3) is 5.39. The lowest BCUT2D eigenvalue weighted by Gasteiger charge is -2.26. The van der Waals surface area contributed by atoms with E-state index in [2.05, 4.69) is 20.5 Å². The van der Waals surface area contributed by atoms with Crippen LogP contribution in [-0.4, -0.2) is 65.3 Å². The maximum atomic E-state index is 5.42. The molecule has 7 nitrogen and oxygen atoms in total. The van der Waals surface area contributed by atoms with Gasteiger partial charge in [-0.2, -0.15) is 4.98 Å². The van der Waals surface area contributed by atoms with Gasteiger partial charge in [-0.25, -0.2) is 4.98 Å². The summed E-state index contributed by atoms with van der Waals surface area (Å²) in [4.78, 5) is 16.1. The molecule has 0 atom stereocenters. The monoisotopic (exact) mass is 382 g/mol. The molecule has 0 unspecified atom stereocenters. The van der Waals surface area contributed by atoms with E-state index in [1.165, 1.54) is 32.1 Å². The van der Waals surface area contributed by atoms with Gasteiger partial charge < -0.3 is 15.4 Å². The predicted octanol–water partition coefficient (Wildman–Crippen LogP) is 3.03. The van der Waals surface area contributed by atoms with Crippen molar-refractivity contribution in [3.05, 3.63) is 30.6 Å². The molecule has 0 spiro atoms. The van der Waals surface area contributed by atoms with Crippen molar-refractivity contribution in [1.82, 2.24) is 19.9 Å². The van der Waals surface area contributed by atoms with Crippen molar-refractivity contribution in [1.29, 1.82) is 0 Å². The molecule has 0 aromatic carbocycles. The lowest BCUT2D eigenvalue weighted by molar-refractivity contribution is 0.0398. The minimum absolute atomic E-state index is 0.475. The molecule has 1 aliphatic heterocycles. The Balaban J connectivity index is 1.46. The molecular weight excluding hydrogens is 352 g/mol. The number of rotatable bonds is 7. The quantitative estimate of drug-likeness (QED) is 0.762. The fraction of sp³-hybridized carbons (Fsp3) is 0.571. The van der Waals surface area contributed by atoms with Gasteiger partial charge in [-0.3, -0.25) is 9.88 Å². The van der Waals surface area contributed by atoms with E-state index in [1.54, 1.807) is 12.4 Å². The predicted molar refractivity (Wildman–Crippen MR) is 112 cm³/mol. The summed E-state index contributed by atoms with van der Waals surface area (Å²) < 4.78 is 5.42. The Morgan fingerprint density at radius 1 is 1.04 bits per heavy atom. The van der Waals surface area contributed by atoms with E-state index in [-0.39, 0.29) is 0 Å². The standard InChI is InChI=1S/C21H30N6O/c1-2-4-18(5-3-1)24-21-25-19(17-6-8-22-9-7-17)16-20(26-21)23-10-11-27-12-14-28-15-13-27/h6-9,16,18H,1-5,10-15H2,(H2,23,24,25,26). The number of hydrogen-bond donors (Lipinski definition) is 2. The zero-order valence-electron chi connectivity index (χ0n) is 16.4. The van der Waals surface area contributed by atoms with E-state index in [0.717, 1.165) is 62.4 Å². The molecule has 4 rings (SSSR count). The smallest absolute Gasteiger partial charge is 0.225 e. The van der Waals surface area contributed by atoms with E-state index in [0.29, 0.717) is 6.04 Å². The summed E-state index contributed by atoms with van der Waals surface area (Å²) in [5, 5.41) is 7.06. The van der Waals surface area contributed by atoms with Crippen LogP contribution in [0, 0.1) is 0 Å². The van der Waals surface area contributed by atoms with Crippen molar-refractivity contribution in [2.45, 2.75) is 38.1 Å². The molecule has 0 radical (unpaired) electrons. The fourth-order valence-electron chi connectivity index (χ4n) is 3.87. The van der Waals surface area contributed by atoms with Gasteiger partial charge in [0.25, 0.3) is 0 Å². The molecule has 1 saturated heterocycles. The first-order chi connectivity index (χ1) is 13.9. The van der Waals surface area contributed by atoms with E-state index >= 15 is 0 Å². The molecule has 2 fully saturated rings. The molecule has 7 heteroatoms.